The van der Waals surface area contributed by atoms with Gasteiger partial charge in [0.25, 0.3) is 0 Å². The number of aliphatic imine (C=N–C) groups is 1. The lowest BCUT2D eigenvalue weighted by atomic mass is 9.88. The Morgan fingerprint density at radius 2 is 2.30 bits per heavy atom. The van der Waals surface area contributed by atoms with Crippen LogP contribution in [0.15, 0.2) is 57.9 Å². The van der Waals surface area contributed by atoms with Crippen molar-refractivity contribution in [1.29, 1.82) is 0 Å². The van der Waals surface area contributed by atoms with E-state index in [1.165, 1.54) is 5.57 Å². The zero-order chi connectivity index (χ0) is 13.9. The van der Waals surface area contributed by atoms with Crippen LogP contribution in [0.2, 0.25) is 0 Å². The Morgan fingerprint density at radius 1 is 1.40 bits per heavy atom. The quantitative estimate of drug-likeness (QED) is 0.798. The average molecular weight is 285 g/mol. The van der Waals surface area contributed by atoms with E-state index in [0.717, 1.165) is 30.5 Å². The van der Waals surface area contributed by atoms with Crippen LogP contribution in [0.4, 0.5) is 0 Å². The van der Waals surface area contributed by atoms with E-state index in [1.807, 2.05) is 18.2 Å². The van der Waals surface area contributed by atoms with Crippen LogP contribution < -0.4 is 0 Å². The first-order valence-corrected chi connectivity index (χ1v) is 6.83. The first-order valence-electron chi connectivity index (χ1n) is 6.46. The number of allylic oxidation sites excluding steroid dienone is 5. The van der Waals surface area contributed by atoms with Crippen LogP contribution in [0, 0.1) is 5.92 Å². The predicted molar refractivity (Wildman–Crippen MR) is 80.0 cm³/mol. The summed E-state index contributed by atoms with van der Waals surface area (Å²) >= 11 is 6.00. The summed E-state index contributed by atoms with van der Waals surface area (Å²) in [5.74, 6) is 0.252. The van der Waals surface area contributed by atoms with Crippen LogP contribution in [-0.2, 0) is 6.42 Å². The molecule has 1 aliphatic heterocycles. The molecule has 20 heavy (non-hydrogen) atoms. The molecule has 0 saturated heterocycles. The van der Waals surface area contributed by atoms with Crippen molar-refractivity contribution in [3.63, 3.8) is 0 Å². The van der Waals surface area contributed by atoms with Crippen LogP contribution in [0.3, 0.4) is 0 Å². The van der Waals surface area contributed by atoms with Crippen molar-refractivity contribution in [2.45, 2.75) is 12.8 Å². The smallest absolute Gasteiger partial charge is 0.150 e. The van der Waals surface area contributed by atoms with Gasteiger partial charge in [0, 0.05) is 41.7 Å². The summed E-state index contributed by atoms with van der Waals surface area (Å²) in [5.41, 5.74) is 3.89. The number of halogens is 1. The van der Waals surface area contributed by atoms with Crippen LogP contribution >= 0.6 is 11.6 Å². The van der Waals surface area contributed by atoms with Gasteiger partial charge in [-0.1, -0.05) is 29.3 Å². The lowest BCUT2D eigenvalue weighted by molar-refractivity contribution is 0.112. The van der Waals surface area contributed by atoms with Gasteiger partial charge in [0.15, 0.2) is 0 Å². The second kappa shape index (κ2) is 5.55. The fraction of sp³-hybridized carbons (Fsp3) is 0.188. The van der Waals surface area contributed by atoms with Crippen molar-refractivity contribution in [2.75, 3.05) is 0 Å². The molecule has 1 aromatic rings. The first-order chi connectivity index (χ1) is 9.74. The van der Waals surface area contributed by atoms with Gasteiger partial charge < -0.3 is 0 Å². The SMILES string of the molecule is O=Cc1ccnc(CC2=CC=C3N=CC(Cl)=CC3C2)c1. The number of hydrogen-bond donors (Lipinski definition) is 0. The lowest BCUT2D eigenvalue weighted by Crippen LogP contribution is -2.11. The van der Waals surface area contributed by atoms with E-state index in [9.17, 15) is 4.79 Å². The van der Waals surface area contributed by atoms with Gasteiger partial charge in [0.2, 0.25) is 0 Å². The van der Waals surface area contributed by atoms with Gasteiger partial charge in [-0.25, -0.2) is 0 Å². The number of carbonyl (C=O) groups excluding carboxylic acids is 1. The van der Waals surface area contributed by atoms with Crippen molar-refractivity contribution in [3.8, 4) is 0 Å². The standard InChI is InChI=1S/C16H13ClN2O/c17-14-8-13-5-11(1-2-16(13)19-9-14)6-15-7-12(10-20)3-4-18-15/h1-4,7-10,13H,5-6H2. The largest absolute Gasteiger partial charge is 0.298 e. The Labute approximate surface area is 122 Å². The number of pyridine rings is 1. The highest BCUT2D eigenvalue weighted by Gasteiger charge is 2.20. The Bertz CT molecular complexity index is 671. The van der Waals surface area contributed by atoms with E-state index in [2.05, 4.69) is 16.1 Å². The second-order valence-electron chi connectivity index (χ2n) is 4.91. The zero-order valence-electron chi connectivity index (χ0n) is 10.8. The summed E-state index contributed by atoms with van der Waals surface area (Å²) in [6, 6.07) is 3.54. The highest BCUT2D eigenvalue weighted by Crippen LogP contribution is 2.32. The van der Waals surface area contributed by atoms with Crippen molar-refractivity contribution < 1.29 is 4.79 Å². The molecule has 1 aromatic heterocycles. The first kappa shape index (κ1) is 13.0. The molecule has 4 heteroatoms. The molecule has 0 amide bonds. The Hall–Kier alpha value is -2.00. The van der Waals surface area contributed by atoms with Gasteiger partial charge in [-0.05, 0) is 24.6 Å². The van der Waals surface area contributed by atoms with Gasteiger partial charge in [0.05, 0.1) is 5.03 Å². The molecule has 2 heterocycles. The molecule has 3 nitrogen and oxygen atoms in total. The predicted octanol–water partition coefficient (Wildman–Crippen LogP) is 3.47. The molecule has 2 aliphatic rings. The highest BCUT2D eigenvalue weighted by atomic mass is 35.5. The summed E-state index contributed by atoms with van der Waals surface area (Å²) in [6.45, 7) is 0. The van der Waals surface area contributed by atoms with Crippen LogP contribution in [0.25, 0.3) is 0 Å². The summed E-state index contributed by atoms with van der Waals surface area (Å²) in [6.07, 6.45) is 12.0. The Balaban J connectivity index is 1.79. The molecule has 0 saturated carbocycles. The van der Waals surface area contributed by atoms with Crippen molar-refractivity contribution in [1.82, 2.24) is 4.98 Å². The number of rotatable bonds is 3. The second-order valence-corrected chi connectivity index (χ2v) is 5.35. The molecular formula is C16H13ClN2O. The summed E-state index contributed by atoms with van der Waals surface area (Å²) < 4.78 is 0. The molecule has 0 fully saturated rings. The Morgan fingerprint density at radius 3 is 3.15 bits per heavy atom. The number of nitrogens with zero attached hydrogens (tertiary/aromatic N) is 2. The van der Waals surface area contributed by atoms with E-state index in [1.54, 1.807) is 18.5 Å². The van der Waals surface area contributed by atoms with Crippen molar-refractivity contribution >= 4 is 24.1 Å². The highest BCUT2D eigenvalue weighted by molar-refractivity contribution is 6.39. The molecule has 1 aliphatic carbocycles. The minimum Gasteiger partial charge on any atom is -0.298 e. The lowest BCUT2D eigenvalue weighted by Gasteiger charge is -2.22. The van der Waals surface area contributed by atoms with Gasteiger partial charge in [-0.2, -0.15) is 0 Å². The zero-order valence-corrected chi connectivity index (χ0v) is 11.5. The number of carbonyl (C=O) groups is 1. The maximum absolute atomic E-state index is 10.8. The number of aromatic nitrogens is 1. The summed E-state index contributed by atoms with van der Waals surface area (Å²) in [4.78, 5) is 19.4. The normalized spacial score (nSPS) is 20.6. The molecule has 0 N–H and O–H groups in total. The fourth-order valence-electron chi connectivity index (χ4n) is 2.47. The van der Waals surface area contributed by atoms with E-state index in [0.29, 0.717) is 10.6 Å². The van der Waals surface area contributed by atoms with Crippen LogP contribution in [-0.4, -0.2) is 17.5 Å². The number of hydrogen-bond acceptors (Lipinski definition) is 3. The van der Waals surface area contributed by atoms with E-state index in [4.69, 9.17) is 11.6 Å². The van der Waals surface area contributed by atoms with E-state index < -0.39 is 0 Å². The third-order valence-corrected chi connectivity index (χ3v) is 3.66. The van der Waals surface area contributed by atoms with Gasteiger partial charge in [-0.15, -0.1) is 0 Å². The number of aldehydes is 1. The van der Waals surface area contributed by atoms with E-state index in [-0.39, 0.29) is 5.92 Å². The van der Waals surface area contributed by atoms with Crippen molar-refractivity contribution in [3.05, 3.63) is 64.1 Å². The molecule has 0 radical (unpaired) electrons. The Kier molecular flexibility index (Phi) is 3.61. The number of fused-ring (bicyclic) bond motifs is 1. The molecule has 1 unspecified atom stereocenters. The van der Waals surface area contributed by atoms with E-state index >= 15 is 0 Å². The monoisotopic (exact) mass is 284 g/mol. The maximum atomic E-state index is 10.8. The molecule has 3 rings (SSSR count). The summed E-state index contributed by atoms with van der Waals surface area (Å²) in [7, 11) is 0. The molecule has 100 valence electrons. The molecule has 0 spiro atoms. The molecule has 0 bridgehead atoms. The third-order valence-electron chi connectivity index (χ3n) is 3.43. The van der Waals surface area contributed by atoms with Gasteiger partial charge in [-0.3, -0.25) is 14.8 Å². The molecule has 0 aromatic carbocycles. The van der Waals surface area contributed by atoms with Gasteiger partial charge in [0.1, 0.15) is 6.29 Å². The average Bonchev–Trinajstić information content (AvgIpc) is 2.47. The maximum Gasteiger partial charge on any atom is 0.150 e. The topological polar surface area (TPSA) is 42.3 Å². The minimum atomic E-state index is 0.252. The third kappa shape index (κ3) is 2.78. The van der Waals surface area contributed by atoms with Gasteiger partial charge >= 0.3 is 0 Å². The van der Waals surface area contributed by atoms with Crippen LogP contribution in [0.5, 0.6) is 0 Å². The van der Waals surface area contributed by atoms with Crippen LogP contribution in [0.1, 0.15) is 22.5 Å². The molecule has 1 atom stereocenters. The fourth-order valence-corrected chi connectivity index (χ4v) is 2.67. The number of dihydropyridines is 1. The van der Waals surface area contributed by atoms with Crippen molar-refractivity contribution in [2.24, 2.45) is 10.9 Å². The summed E-state index contributed by atoms with van der Waals surface area (Å²) in [5, 5.41) is 0.689. The molecular weight excluding hydrogens is 272 g/mol. The minimum absolute atomic E-state index is 0.252.